The van der Waals surface area contributed by atoms with Crippen LogP contribution in [0.1, 0.15) is 0 Å². The topological polar surface area (TPSA) is 39.4 Å². The van der Waals surface area contributed by atoms with E-state index in [2.05, 4.69) is 461 Å². The summed E-state index contributed by atoms with van der Waals surface area (Å²) in [6.45, 7) is 0. The zero-order valence-electron chi connectivity index (χ0n) is 69.1. The Hall–Kier alpha value is -16.7. The van der Waals surface area contributed by atoms with E-state index >= 15 is 0 Å². The first-order chi connectivity index (χ1) is 63.0. The average Bonchev–Trinajstić information content (AvgIpc) is 1.52. The molecule has 0 saturated heterocycles. The Kier molecular flexibility index (Phi) is 17.3. The van der Waals surface area contributed by atoms with Crippen LogP contribution in [0.3, 0.4) is 0 Å². The summed E-state index contributed by atoms with van der Waals surface area (Å²) in [6.07, 6.45) is 0. The highest BCUT2D eigenvalue weighted by molar-refractivity contribution is 6.28. The highest BCUT2D eigenvalue weighted by atomic mass is 16.3. The molecule has 3 heterocycles. The van der Waals surface area contributed by atoms with Gasteiger partial charge in [0.1, 0.15) is 33.5 Å². The van der Waals surface area contributed by atoms with Gasteiger partial charge in [-0.1, -0.05) is 400 Å². The van der Waals surface area contributed by atoms with Crippen LogP contribution in [0, 0.1) is 0 Å². The molecule has 0 aliphatic heterocycles. The molecule has 0 amide bonds. The van der Waals surface area contributed by atoms with Crippen molar-refractivity contribution in [3.63, 3.8) is 0 Å². The van der Waals surface area contributed by atoms with E-state index in [0.29, 0.717) is 0 Å². The standard InChI is InChI=1S/C48H30O.C40H24O.C36H22O/c1-2-10-31(11-3-1)32-18-20-33(21-19-32)34-22-24-35(25-23-34)47-39-14-6-8-16-41(39)48(42-17-9-7-15-40(42)47)38-26-27-45-43(29-38)44-28-36-12-4-5-13-37(36)30-46(44)49-45;1-3-13-28-25(10-1)12-9-19-30(28)39-33-17-7-5-15-31(33)38(32-16-6-8-18-34(32)39)27-21-22-36-35(24-27)40-29-14-4-2-11-26(29)20-23-37(40)41-36;1-2-11-24(12-3-1)34-27-14-6-8-16-29(27)35(30-17-9-7-15-28(30)34)25-19-20-32-31(22-25)36-26-13-5-4-10-23(26)18-21-33(36)37-32/h1-30H;1-24H;1-22H. The molecule has 3 aromatic heterocycles. The molecule has 0 bridgehead atoms. The summed E-state index contributed by atoms with van der Waals surface area (Å²) >= 11 is 0. The number of hydrogen-bond acceptors (Lipinski definition) is 3. The van der Waals surface area contributed by atoms with Crippen LogP contribution in [0.15, 0.2) is 474 Å². The predicted molar refractivity (Wildman–Crippen MR) is 540 cm³/mol. The maximum atomic E-state index is 6.37. The third-order valence-electron chi connectivity index (χ3n) is 26.3. The van der Waals surface area contributed by atoms with Gasteiger partial charge in [0.2, 0.25) is 0 Å². The lowest BCUT2D eigenvalue weighted by Gasteiger charge is -2.18. The van der Waals surface area contributed by atoms with E-state index in [1.807, 2.05) is 0 Å². The smallest absolute Gasteiger partial charge is 0.136 e. The first kappa shape index (κ1) is 73.0. The van der Waals surface area contributed by atoms with Crippen molar-refractivity contribution in [1.29, 1.82) is 0 Å². The van der Waals surface area contributed by atoms with Gasteiger partial charge in [0.15, 0.2) is 0 Å². The van der Waals surface area contributed by atoms with E-state index in [0.717, 1.165) is 55.0 Å². The van der Waals surface area contributed by atoms with Crippen molar-refractivity contribution < 1.29 is 13.3 Å². The van der Waals surface area contributed by atoms with Crippen LogP contribution in [-0.4, -0.2) is 0 Å². The molecular formula is C124H76O3. The molecule has 127 heavy (non-hydrogen) atoms. The molecule has 3 nitrogen and oxygen atoms in total. The number of benzene rings is 24. The molecule has 0 unspecified atom stereocenters. The van der Waals surface area contributed by atoms with Gasteiger partial charge in [0, 0.05) is 32.3 Å². The number of hydrogen-bond donors (Lipinski definition) is 0. The van der Waals surface area contributed by atoms with Gasteiger partial charge in [-0.15, -0.1) is 0 Å². The molecular weight excluding hydrogens is 1540 g/mol. The summed E-state index contributed by atoms with van der Waals surface area (Å²) in [5.41, 5.74) is 25.4. The second kappa shape index (κ2) is 30.1. The van der Waals surface area contributed by atoms with Gasteiger partial charge in [-0.3, -0.25) is 0 Å². The molecule has 590 valence electrons. The number of rotatable bonds is 8. The van der Waals surface area contributed by atoms with Gasteiger partial charge in [-0.05, 0) is 257 Å². The molecule has 0 aliphatic carbocycles. The Morgan fingerprint density at radius 1 is 0.110 bits per heavy atom. The second-order valence-electron chi connectivity index (χ2n) is 33.4. The number of fused-ring (bicyclic) bond motifs is 21. The minimum atomic E-state index is 0.911. The largest absolute Gasteiger partial charge is 0.456 e. The third kappa shape index (κ3) is 12.3. The van der Waals surface area contributed by atoms with Gasteiger partial charge in [0.05, 0.1) is 0 Å². The maximum Gasteiger partial charge on any atom is 0.136 e. The highest BCUT2D eigenvalue weighted by Gasteiger charge is 2.24. The van der Waals surface area contributed by atoms with Crippen molar-refractivity contribution in [2.45, 2.75) is 0 Å². The van der Waals surface area contributed by atoms with Crippen molar-refractivity contribution >= 4 is 174 Å². The molecule has 0 N–H and O–H groups in total. The molecule has 0 fully saturated rings. The Morgan fingerprint density at radius 2 is 0.354 bits per heavy atom. The van der Waals surface area contributed by atoms with Crippen LogP contribution in [0.2, 0.25) is 0 Å². The summed E-state index contributed by atoms with van der Waals surface area (Å²) in [5.74, 6) is 0. The Labute approximate surface area is 731 Å². The maximum absolute atomic E-state index is 6.37. The fourth-order valence-electron chi connectivity index (χ4n) is 20.6. The lowest BCUT2D eigenvalue weighted by Crippen LogP contribution is -1.91. The van der Waals surface area contributed by atoms with Crippen molar-refractivity contribution in [2.24, 2.45) is 0 Å². The Balaban J connectivity index is 0.000000105. The van der Waals surface area contributed by atoms with Gasteiger partial charge < -0.3 is 13.3 Å². The van der Waals surface area contributed by atoms with E-state index in [1.54, 1.807) is 0 Å². The molecule has 3 heteroatoms. The van der Waals surface area contributed by atoms with Crippen LogP contribution in [0.25, 0.3) is 263 Å². The van der Waals surface area contributed by atoms with E-state index < -0.39 is 0 Å². The van der Waals surface area contributed by atoms with Crippen molar-refractivity contribution in [3.8, 4) is 89.0 Å². The third-order valence-corrected chi connectivity index (χ3v) is 26.3. The molecule has 0 aliphatic rings. The van der Waals surface area contributed by atoms with Crippen LogP contribution in [0.5, 0.6) is 0 Å². The SMILES string of the molecule is c1ccc(-c2c3ccccc3c(-c3ccc4oc5ccc6ccccc6c5c4c3)c3ccccc23)cc1.c1ccc(-c2ccc(-c3ccc(-c4c5ccccc5c(-c5ccc6oc7cc8ccccc8cc7c6c5)c5ccccc45)cc3)cc2)cc1.c1ccc2c(-c3c4ccccc4c(-c4ccc5oc6ccc7ccccc7c6c5c4)c4ccccc34)cccc2c1. The zero-order valence-corrected chi connectivity index (χ0v) is 69.1. The van der Waals surface area contributed by atoms with Crippen molar-refractivity contribution in [1.82, 2.24) is 0 Å². The van der Waals surface area contributed by atoms with Crippen LogP contribution in [0.4, 0.5) is 0 Å². The van der Waals surface area contributed by atoms with E-state index in [4.69, 9.17) is 13.3 Å². The minimum Gasteiger partial charge on any atom is -0.456 e. The Bertz CT molecular complexity index is 8950. The highest BCUT2D eigenvalue weighted by Crippen LogP contribution is 2.51. The van der Waals surface area contributed by atoms with E-state index in [-0.39, 0.29) is 0 Å². The fraction of sp³-hybridized carbons (Fsp3) is 0. The van der Waals surface area contributed by atoms with E-state index in [1.165, 1.54) is 208 Å². The van der Waals surface area contributed by atoms with Crippen molar-refractivity contribution in [2.75, 3.05) is 0 Å². The van der Waals surface area contributed by atoms with Gasteiger partial charge in [0.25, 0.3) is 0 Å². The summed E-state index contributed by atoms with van der Waals surface area (Å²) < 4.78 is 19.0. The molecule has 0 saturated carbocycles. The lowest BCUT2D eigenvalue weighted by molar-refractivity contribution is 0.669. The first-order valence-corrected chi connectivity index (χ1v) is 43.6. The van der Waals surface area contributed by atoms with Crippen LogP contribution in [-0.2, 0) is 0 Å². The molecule has 0 radical (unpaired) electrons. The zero-order chi connectivity index (χ0) is 83.6. The molecule has 0 atom stereocenters. The summed E-state index contributed by atoms with van der Waals surface area (Å²) in [4.78, 5) is 0. The number of furan rings is 3. The molecule has 27 rings (SSSR count). The summed E-state index contributed by atoms with van der Waals surface area (Å²) in [7, 11) is 0. The second-order valence-corrected chi connectivity index (χ2v) is 33.4. The molecule has 27 aromatic rings. The van der Waals surface area contributed by atoms with Crippen LogP contribution < -0.4 is 0 Å². The van der Waals surface area contributed by atoms with Gasteiger partial charge in [-0.25, -0.2) is 0 Å². The quantitative estimate of drug-likeness (QED) is 0.142. The minimum absolute atomic E-state index is 0.911. The summed E-state index contributed by atoms with van der Waals surface area (Å²) in [6, 6.07) is 166. The Morgan fingerprint density at radius 3 is 0.756 bits per heavy atom. The lowest BCUT2D eigenvalue weighted by atomic mass is 9.84. The average molecular weight is 1610 g/mol. The monoisotopic (exact) mass is 1610 g/mol. The molecule has 0 spiro atoms. The first-order valence-electron chi connectivity index (χ1n) is 43.6. The van der Waals surface area contributed by atoms with E-state index in [9.17, 15) is 0 Å². The van der Waals surface area contributed by atoms with Gasteiger partial charge in [-0.2, -0.15) is 0 Å². The fourth-order valence-corrected chi connectivity index (χ4v) is 20.6. The van der Waals surface area contributed by atoms with Gasteiger partial charge >= 0.3 is 0 Å². The normalized spacial score (nSPS) is 11.8. The summed E-state index contributed by atoms with van der Waals surface area (Å²) in [5, 5.41) is 31.9. The van der Waals surface area contributed by atoms with Crippen molar-refractivity contribution in [3.05, 3.63) is 461 Å². The van der Waals surface area contributed by atoms with Crippen LogP contribution >= 0.6 is 0 Å². The molecule has 24 aromatic carbocycles. The predicted octanol–water partition coefficient (Wildman–Crippen LogP) is 35.6.